The summed E-state index contributed by atoms with van der Waals surface area (Å²) in [5.74, 6) is -0.409. The predicted octanol–water partition coefficient (Wildman–Crippen LogP) is 0.567. The molecule has 1 amide bonds. The van der Waals surface area contributed by atoms with Crippen LogP contribution in [0.5, 0.6) is 0 Å². The van der Waals surface area contributed by atoms with Gasteiger partial charge in [0.05, 0.1) is 5.52 Å². The van der Waals surface area contributed by atoms with Crippen molar-refractivity contribution in [2.75, 3.05) is 26.2 Å². The highest BCUT2D eigenvalue weighted by atomic mass is 16.4. The fraction of sp³-hybridized carbons (Fsp3) is 0.429. The lowest BCUT2D eigenvalue weighted by Crippen LogP contribution is -2.34. The number of hydrogen-bond donors (Lipinski definition) is 1. The third-order valence-corrected chi connectivity index (χ3v) is 3.67. The fourth-order valence-corrected chi connectivity index (χ4v) is 2.49. The second-order valence-electron chi connectivity index (χ2n) is 5.01. The van der Waals surface area contributed by atoms with E-state index in [0.717, 1.165) is 26.1 Å². The maximum atomic E-state index is 12.5. The van der Waals surface area contributed by atoms with Crippen LogP contribution < -0.4 is 11.1 Å². The van der Waals surface area contributed by atoms with Gasteiger partial charge in [-0.3, -0.25) is 9.36 Å². The van der Waals surface area contributed by atoms with Crippen molar-refractivity contribution in [3.8, 4) is 0 Å². The zero-order chi connectivity index (χ0) is 14.1. The van der Waals surface area contributed by atoms with E-state index in [1.165, 1.54) is 4.57 Å². The second kappa shape index (κ2) is 5.13. The molecule has 1 fully saturated rings. The van der Waals surface area contributed by atoms with E-state index in [0.29, 0.717) is 23.2 Å². The minimum Gasteiger partial charge on any atom is -0.408 e. The standard InChI is InChI=1S/C14H17N3O3/c1-16-11-9-10(3-4-12(11)20-14(16)19)13(18)17-7-2-5-15-6-8-17/h3-4,9,15H,2,5-8H2,1H3. The van der Waals surface area contributed by atoms with Crippen LogP contribution in [0.4, 0.5) is 0 Å². The van der Waals surface area contributed by atoms with E-state index in [-0.39, 0.29) is 5.91 Å². The van der Waals surface area contributed by atoms with Gasteiger partial charge in [0.1, 0.15) is 0 Å². The van der Waals surface area contributed by atoms with Crippen molar-refractivity contribution >= 4 is 17.0 Å². The van der Waals surface area contributed by atoms with Crippen molar-refractivity contribution in [3.05, 3.63) is 34.3 Å². The SMILES string of the molecule is Cn1c(=O)oc2ccc(C(=O)N3CCCNCC3)cc21. The molecule has 1 aliphatic rings. The molecule has 106 valence electrons. The first-order valence-electron chi connectivity index (χ1n) is 6.76. The van der Waals surface area contributed by atoms with E-state index in [2.05, 4.69) is 5.32 Å². The van der Waals surface area contributed by atoms with Gasteiger partial charge in [0.25, 0.3) is 5.91 Å². The van der Waals surface area contributed by atoms with Crippen LogP contribution in [0.3, 0.4) is 0 Å². The zero-order valence-electron chi connectivity index (χ0n) is 11.4. The highest BCUT2D eigenvalue weighted by molar-refractivity contribution is 5.97. The first kappa shape index (κ1) is 12.9. The molecule has 20 heavy (non-hydrogen) atoms. The summed E-state index contributed by atoms with van der Waals surface area (Å²) in [6.07, 6.45) is 0.957. The number of benzene rings is 1. The number of nitrogens with zero attached hydrogens (tertiary/aromatic N) is 2. The van der Waals surface area contributed by atoms with E-state index in [4.69, 9.17) is 4.42 Å². The van der Waals surface area contributed by atoms with E-state index in [1.54, 1.807) is 25.2 Å². The minimum atomic E-state index is -0.413. The molecule has 0 saturated carbocycles. The number of carbonyl (C=O) groups excluding carboxylic acids is 1. The van der Waals surface area contributed by atoms with Crippen LogP contribution in [0.15, 0.2) is 27.4 Å². The third kappa shape index (κ3) is 2.22. The van der Waals surface area contributed by atoms with E-state index in [9.17, 15) is 9.59 Å². The van der Waals surface area contributed by atoms with Gasteiger partial charge in [0.2, 0.25) is 0 Å². The molecular formula is C14H17N3O3. The fourth-order valence-electron chi connectivity index (χ4n) is 2.49. The summed E-state index contributed by atoms with van der Waals surface area (Å²) in [4.78, 5) is 25.8. The van der Waals surface area contributed by atoms with Crippen LogP contribution in [-0.4, -0.2) is 41.6 Å². The van der Waals surface area contributed by atoms with Crippen LogP contribution in [0.2, 0.25) is 0 Å². The summed E-state index contributed by atoms with van der Waals surface area (Å²) in [6, 6.07) is 5.12. The van der Waals surface area contributed by atoms with Crippen LogP contribution in [-0.2, 0) is 7.05 Å². The molecule has 0 bridgehead atoms. The molecule has 1 aliphatic heterocycles. The third-order valence-electron chi connectivity index (χ3n) is 3.67. The largest absolute Gasteiger partial charge is 0.419 e. The Morgan fingerprint density at radius 3 is 3.00 bits per heavy atom. The second-order valence-corrected chi connectivity index (χ2v) is 5.01. The molecule has 2 aromatic rings. The lowest BCUT2D eigenvalue weighted by molar-refractivity contribution is 0.0766. The average Bonchev–Trinajstić information content (AvgIpc) is 2.66. The van der Waals surface area contributed by atoms with Crippen LogP contribution in [0.25, 0.3) is 11.1 Å². The number of hydrogen-bond acceptors (Lipinski definition) is 4. The molecule has 1 N–H and O–H groups in total. The van der Waals surface area contributed by atoms with Crippen molar-refractivity contribution in [2.24, 2.45) is 7.05 Å². The molecule has 0 spiro atoms. The van der Waals surface area contributed by atoms with E-state index in [1.807, 2.05) is 4.90 Å². The Bertz CT molecular complexity index is 693. The number of rotatable bonds is 1. The van der Waals surface area contributed by atoms with Gasteiger partial charge in [-0.1, -0.05) is 0 Å². The molecular weight excluding hydrogens is 258 g/mol. The van der Waals surface area contributed by atoms with Crippen LogP contribution in [0, 0.1) is 0 Å². The summed E-state index contributed by atoms with van der Waals surface area (Å²) in [6.45, 7) is 3.23. The van der Waals surface area contributed by atoms with Crippen molar-refractivity contribution in [2.45, 2.75) is 6.42 Å². The Balaban J connectivity index is 1.94. The first-order chi connectivity index (χ1) is 9.66. The summed E-state index contributed by atoms with van der Waals surface area (Å²) < 4.78 is 6.48. The van der Waals surface area contributed by atoms with Gasteiger partial charge in [-0.05, 0) is 31.2 Å². The number of carbonyl (C=O) groups is 1. The normalized spacial score (nSPS) is 16.4. The quantitative estimate of drug-likeness (QED) is 0.826. The molecule has 1 aromatic carbocycles. The lowest BCUT2D eigenvalue weighted by atomic mass is 10.1. The number of fused-ring (bicyclic) bond motifs is 1. The topological polar surface area (TPSA) is 67.5 Å². The van der Waals surface area contributed by atoms with Gasteiger partial charge in [0, 0.05) is 32.2 Å². The smallest absolute Gasteiger partial charge is 0.408 e. The highest BCUT2D eigenvalue weighted by Crippen LogP contribution is 2.16. The van der Waals surface area contributed by atoms with Gasteiger partial charge in [-0.15, -0.1) is 0 Å². The maximum Gasteiger partial charge on any atom is 0.419 e. The summed E-state index contributed by atoms with van der Waals surface area (Å²) in [5.41, 5.74) is 1.75. The predicted molar refractivity (Wildman–Crippen MR) is 74.8 cm³/mol. The van der Waals surface area contributed by atoms with Gasteiger partial charge < -0.3 is 14.6 Å². The zero-order valence-corrected chi connectivity index (χ0v) is 11.4. The van der Waals surface area contributed by atoms with Crippen molar-refractivity contribution < 1.29 is 9.21 Å². The number of aromatic nitrogens is 1. The summed E-state index contributed by atoms with van der Waals surface area (Å²) in [5, 5.41) is 3.27. The van der Waals surface area contributed by atoms with Crippen LogP contribution >= 0.6 is 0 Å². The Morgan fingerprint density at radius 2 is 2.15 bits per heavy atom. The van der Waals surface area contributed by atoms with E-state index < -0.39 is 5.76 Å². The Morgan fingerprint density at radius 1 is 1.30 bits per heavy atom. The molecule has 0 atom stereocenters. The summed E-state index contributed by atoms with van der Waals surface area (Å²) in [7, 11) is 1.64. The molecule has 1 saturated heterocycles. The van der Waals surface area contributed by atoms with Crippen LogP contribution in [0.1, 0.15) is 16.8 Å². The van der Waals surface area contributed by atoms with Crippen molar-refractivity contribution in [3.63, 3.8) is 0 Å². The molecule has 6 heteroatoms. The monoisotopic (exact) mass is 275 g/mol. The Kier molecular flexibility index (Phi) is 3.31. The molecule has 3 rings (SSSR count). The van der Waals surface area contributed by atoms with Crippen molar-refractivity contribution in [1.82, 2.24) is 14.8 Å². The molecule has 2 heterocycles. The number of amides is 1. The molecule has 1 aromatic heterocycles. The van der Waals surface area contributed by atoms with Gasteiger partial charge in [0.15, 0.2) is 5.58 Å². The highest BCUT2D eigenvalue weighted by Gasteiger charge is 2.18. The first-order valence-corrected chi connectivity index (χ1v) is 6.76. The maximum absolute atomic E-state index is 12.5. The lowest BCUT2D eigenvalue weighted by Gasteiger charge is -2.19. The minimum absolute atomic E-state index is 0.00393. The van der Waals surface area contributed by atoms with Gasteiger partial charge in [-0.2, -0.15) is 0 Å². The Hall–Kier alpha value is -2.08. The number of aryl methyl sites for hydroxylation is 1. The van der Waals surface area contributed by atoms with Crippen molar-refractivity contribution in [1.29, 1.82) is 0 Å². The molecule has 0 radical (unpaired) electrons. The van der Waals surface area contributed by atoms with E-state index >= 15 is 0 Å². The average molecular weight is 275 g/mol. The van der Waals surface area contributed by atoms with Gasteiger partial charge >= 0.3 is 5.76 Å². The number of nitrogens with one attached hydrogen (secondary N) is 1. The number of oxazole rings is 1. The Labute approximate surface area is 116 Å². The molecule has 6 nitrogen and oxygen atoms in total. The molecule has 0 unspecified atom stereocenters. The summed E-state index contributed by atoms with van der Waals surface area (Å²) >= 11 is 0. The molecule has 0 aliphatic carbocycles. The van der Waals surface area contributed by atoms with Gasteiger partial charge in [-0.25, -0.2) is 4.79 Å².